The van der Waals surface area contributed by atoms with E-state index in [4.69, 9.17) is 0 Å². The van der Waals surface area contributed by atoms with Gasteiger partial charge in [0.05, 0.1) is 0 Å². The summed E-state index contributed by atoms with van der Waals surface area (Å²) in [7, 11) is 0. The van der Waals surface area contributed by atoms with Crippen molar-refractivity contribution in [2.45, 2.75) is 51.9 Å². The Morgan fingerprint density at radius 3 is 2.71 bits per heavy atom. The van der Waals surface area contributed by atoms with E-state index in [1.807, 2.05) is 0 Å². The van der Waals surface area contributed by atoms with E-state index in [0.29, 0.717) is 0 Å². The van der Waals surface area contributed by atoms with Crippen molar-refractivity contribution in [2.75, 3.05) is 32.7 Å². The summed E-state index contributed by atoms with van der Waals surface area (Å²) in [5, 5.41) is 3.67. The van der Waals surface area contributed by atoms with Gasteiger partial charge in [0.1, 0.15) is 0 Å². The van der Waals surface area contributed by atoms with E-state index in [9.17, 15) is 0 Å². The van der Waals surface area contributed by atoms with Crippen LogP contribution in [0.1, 0.15) is 51.9 Å². The number of nitrogens with one attached hydrogen (secondary N) is 1. The fraction of sp³-hybridized carbons (Fsp3) is 1.00. The summed E-state index contributed by atoms with van der Waals surface area (Å²) in [5.74, 6) is 1.94. The third kappa shape index (κ3) is 4.97. The summed E-state index contributed by atoms with van der Waals surface area (Å²) < 4.78 is 0. The van der Waals surface area contributed by atoms with Crippen molar-refractivity contribution in [1.29, 1.82) is 0 Å². The van der Waals surface area contributed by atoms with Gasteiger partial charge in [-0.3, -0.25) is 0 Å². The van der Waals surface area contributed by atoms with Gasteiger partial charge >= 0.3 is 0 Å². The maximum atomic E-state index is 3.67. The van der Waals surface area contributed by atoms with E-state index in [1.165, 1.54) is 77.7 Å². The molecule has 0 radical (unpaired) electrons. The molecule has 2 unspecified atom stereocenters. The van der Waals surface area contributed by atoms with Crippen LogP contribution in [0.3, 0.4) is 0 Å². The minimum atomic E-state index is 0.963. The Kier molecular flexibility index (Phi) is 5.79. The second-order valence-electron chi connectivity index (χ2n) is 6.24. The first-order valence-corrected chi connectivity index (χ1v) is 7.77. The average molecular weight is 238 g/mol. The van der Waals surface area contributed by atoms with Crippen molar-refractivity contribution in [3.8, 4) is 0 Å². The first-order chi connectivity index (χ1) is 8.34. The van der Waals surface area contributed by atoms with Gasteiger partial charge in [-0.15, -0.1) is 0 Å². The zero-order chi connectivity index (χ0) is 11.9. The lowest BCUT2D eigenvalue weighted by Gasteiger charge is -2.27. The number of nitrogens with zero attached hydrogens (tertiary/aromatic N) is 1. The van der Waals surface area contributed by atoms with Crippen molar-refractivity contribution in [3.05, 3.63) is 0 Å². The monoisotopic (exact) mass is 238 g/mol. The van der Waals surface area contributed by atoms with Gasteiger partial charge in [-0.2, -0.15) is 0 Å². The molecule has 2 aliphatic rings. The molecule has 2 atom stereocenters. The van der Waals surface area contributed by atoms with E-state index in [2.05, 4.69) is 17.1 Å². The molecule has 0 spiro atoms. The van der Waals surface area contributed by atoms with Crippen LogP contribution in [0.5, 0.6) is 0 Å². The maximum Gasteiger partial charge on any atom is -0.000664 e. The Bertz CT molecular complexity index is 199. The average Bonchev–Trinajstić information content (AvgIpc) is 2.82. The summed E-state index contributed by atoms with van der Waals surface area (Å²) in [5.41, 5.74) is 0. The molecule has 0 aromatic carbocycles. The SMILES string of the molecule is CC1CCCC(CNCCCN2CCCC2)C1. The molecular formula is C15H30N2. The van der Waals surface area contributed by atoms with Crippen molar-refractivity contribution in [3.63, 3.8) is 0 Å². The van der Waals surface area contributed by atoms with Crippen LogP contribution in [0.4, 0.5) is 0 Å². The van der Waals surface area contributed by atoms with Gasteiger partial charge in [0.25, 0.3) is 0 Å². The molecule has 17 heavy (non-hydrogen) atoms. The predicted octanol–water partition coefficient (Wildman–Crippen LogP) is 2.89. The Morgan fingerprint density at radius 2 is 1.94 bits per heavy atom. The van der Waals surface area contributed by atoms with E-state index in [0.717, 1.165) is 11.8 Å². The Hall–Kier alpha value is -0.0800. The molecule has 0 aromatic rings. The van der Waals surface area contributed by atoms with Crippen molar-refractivity contribution in [2.24, 2.45) is 11.8 Å². The van der Waals surface area contributed by atoms with Crippen LogP contribution in [-0.2, 0) is 0 Å². The van der Waals surface area contributed by atoms with Crippen molar-refractivity contribution in [1.82, 2.24) is 10.2 Å². The van der Waals surface area contributed by atoms with Gasteiger partial charge in [0, 0.05) is 0 Å². The number of hydrogen-bond donors (Lipinski definition) is 1. The molecule has 2 heteroatoms. The lowest BCUT2D eigenvalue weighted by molar-refractivity contribution is 0.271. The molecule has 1 heterocycles. The van der Waals surface area contributed by atoms with Crippen LogP contribution >= 0.6 is 0 Å². The maximum absolute atomic E-state index is 3.67. The Balaban J connectivity index is 1.45. The number of hydrogen-bond acceptors (Lipinski definition) is 2. The van der Waals surface area contributed by atoms with Gasteiger partial charge in [0.2, 0.25) is 0 Å². The van der Waals surface area contributed by atoms with Gasteiger partial charge in [-0.1, -0.05) is 19.8 Å². The predicted molar refractivity (Wildman–Crippen MR) is 74.3 cm³/mol. The van der Waals surface area contributed by atoms with Crippen LogP contribution in [0.25, 0.3) is 0 Å². The fourth-order valence-electron chi connectivity index (χ4n) is 3.49. The molecule has 1 saturated carbocycles. The van der Waals surface area contributed by atoms with Crippen LogP contribution in [0.2, 0.25) is 0 Å². The normalized spacial score (nSPS) is 30.9. The lowest BCUT2D eigenvalue weighted by Crippen LogP contribution is -2.29. The molecule has 2 rings (SSSR count). The van der Waals surface area contributed by atoms with E-state index >= 15 is 0 Å². The fourth-order valence-corrected chi connectivity index (χ4v) is 3.49. The highest BCUT2D eigenvalue weighted by atomic mass is 15.1. The van der Waals surface area contributed by atoms with E-state index in [1.54, 1.807) is 0 Å². The minimum Gasteiger partial charge on any atom is -0.316 e. The topological polar surface area (TPSA) is 15.3 Å². The Morgan fingerprint density at radius 1 is 1.12 bits per heavy atom. The number of rotatable bonds is 6. The van der Waals surface area contributed by atoms with Crippen LogP contribution in [0, 0.1) is 11.8 Å². The Labute approximate surface area is 107 Å². The highest BCUT2D eigenvalue weighted by Crippen LogP contribution is 2.27. The highest BCUT2D eigenvalue weighted by molar-refractivity contribution is 4.72. The second kappa shape index (κ2) is 7.38. The first-order valence-electron chi connectivity index (χ1n) is 7.77. The molecule has 100 valence electrons. The molecule has 1 aliphatic heterocycles. The molecular weight excluding hydrogens is 208 g/mol. The largest absolute Gasteiger partial charge is 0.316 e. The lowest BCUT2D eigenvalue weighted by atomic mass is 9.82. The first kappa shape index (κ1) is 13.4. The van der Waals surface area contributed by atoms with E-state index in [-0.39, 0.29) is 0 Å². The third-order valence-electron chi connectivity index (χ3n) is 4.50. The van der Waals surface area contributed by atoms with Crippen molar-refractivity contribution >= 4 is 0 Å². The third-order valence-corrected chi connectivity index (χ3v) is 4.50. The highest BCUT2D eigenvalue weighted by Gasteiger charge is 2.18. The van der Waals surface area contributed by atoms with Crippen LogP contribution in [0.15, 0.2) is 0 Å². The zero-order valence-electron chi connectivity index (χ0n) is 11.6. The molecule has 1 saturated heterocycles. The molecule has 2 fully saturated rings. The van der Waals surface area contributed by atoms with Gasteiger partial charge in [-0.05, 0) is 76.7 Å². The minimum absolute atomic E-state index is 0.963. The van der Waals surface area contributed by atoms with Crippen LogP contribution < -0.4 is 5.32 Å². The summed E-state index contributed by atoms with van der Waals surface area (Å²) >= 11 is 0. The standard InChI is InChI=1S/C15H30N2/c1-14-6-4-7-15(12-14)13-16-8-5-11-17-9-2-3-10-17/h14-16H,2-13H2,1H3. The molecule has 0 aromatic heterocycles. The number of likely N-dealkylation sites (tertiary alicyclic amines) is 1. The smallest absolute Gasteiger partial charge is 0.000664 e. The zero-order valence-corrected chi connectivity index (χ0v) is 11.6. The quantitative estimate of drug-likeness (QED) is 0.716. The van der Waals surface area contributed by atoms with Crippen LogP contribution in [-0.4, -0.2) is 37.6 Å². The van der Waals surface area contributed by atoms with E-state index < -0.39 is 0 Å². The van der Waals surface area contributed by atoms with Crippen molar-refractivity contribution < 1.29 is 0 Å². The van der Waals surface area contributed by atoms with Gasteiger partial charge in [-0.25, -0.2) is 0 Å². The summed E-state index contributed by atoms with van der Waals surface area (Å²) in [6, 6.07) is 0. The van der Waals surface area contributed by atoms with Gasteiger partial charge < -0.3 is 10.2 Å². The molecule has 0 amide bonds. The summed E-state index contributed by atoms with van der Waals surface area (Å²) in [4.78, 5) is 2.62. The van der Waals surface area contributed by atoms with Gasteiger partial charge in [0.15, 0.2) is 0 Å². The molecule has 0 bridgehead atoms. The molecule has 1 aliphatic carbocycles. The summed E-state index contributed by atoms with van der Waals surface area (Å²) in [6.45, 7) is 8.92. The summed E-state index contributed by atoms with van der Waals surface area (Å²) in [6.07, 6.45) is 10.0. The molecule has 1 N–H and O–H groups in total. The molecule has 2 nitrogen and oxygen atoms in total. The second-order valence-corrected chi connectivity index (χ2v) is 6.24.